The Kier molecular flexibility index (Phi) is 3.22. The van der Waals surface area contributed by atoms with E-state index >= 15 is 0 Å². The molecule has 0 saturated carbocycles. The molecule has 2 rings (SSSR count). The smallest absolute Gasteiger partial charge is 0.230 e. The Morgan fingerprint density at radius 2 is 2.18 bits per heavy atom. The van der Waals surface area contributed by atoms with Gasteiger partial charge in [-0.05, 0) is 25.0 Å². The van der Waals surface area contributed by atoms with Gasteiger partial charge in [-0.1, -0.05) is 13.0 Å². The molecule has 0 aliphatic carbocycles. The van der Waals surface area contributed by atoms with Crippen molar-refractivity contribution in [2.24, 2.45) is 5.92 Å². The van der Waals surface area contributed by atoms with Gasteiger partial charge in [-0.2, -0.15) is 0 Å². The zero-order valence-corrected chi connectivity index (χ0v) is 10.1. The molecule has 17 heavy (non-hydrogen) atoms. The fraction of sp³-hybridized carbons (Fsp3) is 0.462. The average molecular weight is 232 g/mol. The summed E-state index contributed by atoms with van der Waals surface area (Å²) in [6, 6.07) is 3.88. The zero-order chi connectivity index (χ0) is 12.4. The van der Waals surface area contributed by atoms with Crippen molar-refractivity contribution in [3.63, 3.8) is 0 Å². The van der Waals surface area contributed by atoms with Gasteiger partial charge in [0.15, 0.2) is 0 Å². The van der Waals surface area contributed by atoms with Crippen LogP contribution in [-0.2, 0) is 9.59 Å². The molecule has 90 valence electrons. The van der Waals surface area contributed by atoms with Crippen LogP contribution < -0.4 is 5.32 Å². The number of piperidine rings is 1. The molecule has 2 heterocycles. The summed E-state index contributed by atoms with van der Waals surface area (Å²) < 4.78 is 0. The molecule has 4 nitrogen and oxygen atoms in total. The van der Waals surface area contributed by atoms with Crippen molar-refractivity contribution in [1.29, 1.82) is 0 Å². The summed E-state index contributed by atoms with van der Waals surface area (Å²) >= 11 is 0. The van der Waals surface area contributed by atoms with Crippen LogP contribution in [0.4, 0.5) is 0 Å². The van der Waals surface area contributed by atoms with E-state index in [1.165, 1.54) is 0 Å². The second-order valence-electron chi connectivity index (χ2n) is 4.47. The second-order valence-corrected chi connectivity index (χ2v) is 4.47. The Bertz CT molecular complexity index is 439. The van der Waals surface area contributed by atoms with Crippen LogP contribution in [0.15, 0.2) is 18.3 Å². The SMILES string of the molecule is CCC1C(=O)NC(=O)CC1c1ccc(C)nc1. The molecule has 0 spiro atoms. The maximum Gasteiger partial charge on any atom is 0.230 e. The van der Waals surface area contributed by atoms with Gasteiger partial charge >= 0.3 is 0 Å². The molecular formula is C13H16N2O2. The first-order valence-corrected chi connectivity index (χ1v) is 5.88. The van der Waals surface area contributed by atoms with E-state index < -0.39 is 0 Å². The van der Waals surface area contributed by atoms with Gasteiger partial charge < -0.3 is 0 Å². The molecule has 1 N–H and O–H groups in total. The predicted octanol–water partition coefficient (Wildman–Crippen LogP) is 1.55. The van der Waals surface area contributed by atoms with Crippen molar-refractivity contribution >= 4 is 11.8 Å². The summed E-state index contributed by atoms with van der Waals surface area (Å²) in [7, 11) is 0. The minimum absolute atomic E-state index is 0.0330. The Balaban J connectivity index is 2.30. The number of aromatic nitrogens is 1. The zero-order valence-electron chi connectivity index (χ0n) is 10.1. The summed E-state index contributed by atoms with van der Waals surface area (Å²) in [5, 5.41) is 2.39. The van der Waals surface area contributed by atoms with Gasteiger partial charge in [0.2, 0.25) is 11.8 Å². The molecule has 0 aromatic carbocycles. The Morgan fingerprint density at radius 1 is 1.41 bits per heavy atom. The number of pyridine rings is 1. The molecule has 4 heteroatoms. The molecule has 2 amide bonds. The topological polar surface area (TPSA) is 59.1 Å². The monoisotopic (exact) mass is 232 g/mol. The first-order chi connectivity index (χ1) is 8.11. The molecule has 0 radical (unpaired) electrons. The lowest BCUT2D eigenvalue weighted by molar-refractivity contribution is -0.137. The standard InChI is InChI=1S/C13H16N2O2/c1-3-10-11(6-12(16)15-13(10)17)9-5-4-8(2)14-7-9/h4-5,7,10-11H,3,6H2,1-2H3,(H,15,16,17). The molecule has 1 aliphatic heterocycles. The van der Waals surface area contributed by atoms with Gasteiger partial charge in [-0.3, -0.25) is 19.9 Å². The highest BCUT2D eigenvalue weighted by atomic mass is 16.2. The van der Waals surface area contributed by atoms with Crippen LogP contribution in [0, 0.1) is 12.8 Å². The molecule has 1 aromatic heterocycles. The number of nitrogens with zero attached hydrogens (tertiary/aromatic N) is 1. The lowest BCUT2D eigenvalue weighted by Crippen LogP contribution is -2.44. The fourth-order valence-corrected chi connectivity index (χ4v) is 2.32. The van der Waals surface area contributed by atoms with Crippen LogP contribution >= 0.6 is 0 Å². The number of carbonyl (C=O) groups excluding carboxylic acids is 2. The Labute approximate surface area is 100 Å². The fourth-order valence-electron chi connectivity index (χ4n) is 2.32. The molecule has 2 unspecified atom stereocenters. The van der Waals surface area contributed by atoms with Crippen molar-refractivity contribution in [2.75, 3.05) is 0 Å². The van der Waals surface area contributed by atoms with Crippen molar-refractivity contribution in [2.45, 2.75) is 32.6 Å². The lowest BCUT2D eigenvalue weighted by Gasteiger charge is -2.29. The number of carbonyl (C=O) groups is 2. The average Bonchev–Trinajstić information content (AvgIpc) is 2.29. The summed E-state index contributed by atoms with van der Waals surface area (Å²) in [6.07, 6.45) is 2.88. The van der Waals surface area contributed by atoms with Gasteiger partial charge in [-0.15, -0.1) is 0 Å². The third-order valence-corrected chi connectivity index (χ3v) is 3.29. The largest absolute Gasteiger partial charge is 0.296 e. The number of aryl methyl sites for hydroxylation is 1. The van der Waals surface area contributed by atoms with Crippen molar-refractivity contribution in [3.05, 3.63) is 29.6 Å². The minimum atomic E-state index is -0.190. The number of hydrogen-bond acceptors (Lipinski definition) is 3. The summed E-state index contributed by atoms with van der Waals surface area (Å²) in [4.78, 5) is 27.4. The third-order valence-electron chi connectivity index (χ3n) is 3.29. The van der Waals surface area contributed by atoms with E-state index in [-0.39, 0.29) is 23.7 Å². The number of nitrogens with one attached hydrogen (secondary N) is 1. The van der Waals surface area contributed by atoms with Gasteiger partial charge in [0.1, 0.15) is 0 Å². The molecule has 2 atom stereocenters. The minimum Gasteiger partial charge on any atom is -0.296 e. The highest BCUT2D eigenvalue weighted by molar-refractivity contribution is 5.99. The molecule has 0 bridgehead atoms. The second kappa shape index (κ2) is 4.65. The van der Waals surface area contributed by atoms with Crippen LogP contribution in [0.5, 0.6) is 0 Å². The first-order valence-electron chi connectivity index (χ1n) is 5.88. The molecule has 1 aliphatic rings. The number of imide groups is 1. The van der Waals surface area contributed by atoms with Crippen LogP contribution in [0.3, 0.4) is 0 Å². The van der Waals surface area contributed by atoms with Crippen LogP contribution in [0.2, 0.25) is 0 Å². The molecular weight excluding hydrogens is 216 g/mol. The van der Waals surface area contributed by atoms with Gasteiger partial charge in [-0.25, -0.2) is 0 Å². The van der Waals surface area contributed by atoms with E-state index in [1.54, 1.807) is 6.20 Å². The summed E-state index contributed by atoms with van der Waals surface area (Å²) in [6.45, 7) is 3.88. The highest BCUT2D eigenvalue weighted by Gasteiger charge is 2.35. The molecule has 1 fully saturated rings. The quantitative estimate of drug-likeness (QED) is 0.787. The molecule has 1 saturated heterocycles. The normalized spacial score (nSPS) is 24.6. The van der Waals surface area contributed by atoms with Gasteiger partial charge in [0.25, 0.3) is 0 Å². The van der Waals surface area contributed by atoms with E-state index in [9.17, 15) is 9.59 Å². The summed E-state index contributed by atoms with van der Waals surface area (Å²) in [5.74, 6) is -0.508. The maximum absolute atomic E-state index is 11.7. The van der Waals surface area contributed by atoms with E-state index in [2.05, 4.69) is 10.3 Å². The number of rotatable bonds is 2. The lowest BCUT2D eigenvalue weighted by atomic mass is 9.79. The summed E-state index contributed by atoms with van der Waals surface area (Å²) in [5.41, 5.74) is 1.92. The maximum atomic E-state index is 11.7. The Morgan fingerprint density at radius 3 is 2.76 bits per heavy atom. The van der Waals surface area contributed by atoms with Crippen molar-refractivity contribution < 1.29 is 9.59 Å². The van der Waals surface area contributed by atoms with Crippen LogP contribution in [0.25, 0.3) is 0 Å². The van der Waals surface area contributed by atoms with E-state index in [0.29, 0.717) is 6.42 Å². The number of amides is 2. The highest BCUT2D eigenvalue weighted by Crippen LogP contribution is 2.32. The predicted molar refractivity (Wildman–Crippen MR) is 63.3 cm³/mol. The van der Waals surface area contributed by atoms with E-state index in [4.69, 9.17) is 0 Å². The third kappa shape index (κ3) is 2.35. The van der Waals surface area contributed by atoms with E-state index in [0.717, 1.165) is 17.7 Å². The van der Waals surface area contributed by atoms with Gasteiger partial charge in [0.05, 0.1) is 0 Å². The molecule has 1 aromatic rings. The van der Waals surface area contributed by atoms with Crippen molar-refractivity contribution in [1.82, 2.24) is 10.3 Å². The van der Waals surface area contributed by atoms with Crippen LogP contribution in [0.1, 0.15) is 36.9 Å². The van der Waals surface area contributed by atoms with Crippen molar-refractivity contribution in [3.8, 4) is 0 Å². The van der Waals surface area contributed by atoms with E-state index in [1.807, 2.05) is 26.0 Å². The number of hydrogen-bond donors (Lipinski definition) is 1. The van der Waals surface area contributed by atoms with Gasteiger partial charge in [0, 0.05) is 30.1 Å². The Hall–Kier alpha value is -1.71. The van der Waals surface area contributed by atoms with Crippen LogP contribution in [-0.4, -0.2) is 16.8 Å². The first kappa shape index (κ1) is 11.8.